The van der Waals surface area contributed by atoms with Crippen LogP contribution in [0.25, 0.3) is 0 Å². The molecule has 0 aromatic heterocycles. The minimum Gasteiger partial charge on any atom is -0.492 e. The number of unbranched alkanes of at least 4 members (excludes halogenated alkanes) is 5. The molecule has 0 N–H and O–H groups in total. The quantitative estimate of drug-likeness (QED) is 0.576. The first kappa shape index (κ1) is 14.6. The molecular formula is C15H23BrO. The Labute approximate surface area is 114 Å². The number of para-hydroxylation sites is 1. The standard InChI is InChI=1S/C15H23BrO/c1-3-4-5-6-7-8-12-17-15-13(2)10-9-11-14(15)16/h9-11H,3-8,12H2,1-2H3. The van der Waals surface area contributed by atoms with Crippen LogP contribution in [0.3, 0.4) is 0 Å². The second kappa shape index (κ2) is 8.57. The second-order valence-electron chi connectivity index (χ2n) is 4.50. The first-order valence-corrected chi connectivity index (χ1v) is 7.43. The minimum atomic E-state index is 0.829. The van der Waals surface area contributed by atoms with Crippen LogP contribution in [-0.2, 0) is 0 Å². The molecular weight excluding hydrogens is 276 g/mol. The molecule has 0 amide bonds. The average Bonchev–Trinajstić information content (AvgIpc) is 2.31. The van der Waals surface area contributed by atoms with Crippen molar-refractivity contribution in [3.63, 3.8) is 0 Å². The predicted octanol–water partition coefficient (Wildman–Crippen LogP) is 5.50. The van der Waals surface area contributed by atoms with Gasteiger partial charge in [0.15, 0.2) is 0 Å². The third-order valence-corrected chi connectivity index (χ3v) is 3.53. The van der Waals surface area contributed by atoms with Crippen molar-refractivity contribution in [2.24, 2.45) is 0 Å². The summed E-state index contributed by atoms with van der Waals surface area (Å²) in [4.78, 5) is 0. The summed E-state index contributed by atoms with van der Waals surface area (Å²) in [6.07, 6.45) is 7.82. The van der Waals surface area contributed by atoms with Gasteiger partial charge >= 0.3 is 0 Å². The lowest BCUT2D eigenvalue weighted by atomic mass is 10.1. The third-order valence-electron chi connectivity index (χ3n) is 2.91. The van der Waals surface area contributed by atoms with Crippen molar-refractivity contribution in [2.75, 3.05) is 6.61 Å². The lowest BCUT2D eigenvalue weighted by Crippen LogP contribution is -1.99. The fraction of sp³-hybridized carbons (Fsp3) is 0.600. The van der Waals surface area contributed by atoms with E-state index >= 15 is 0 Å². The molecule has 96 valence electrons. The highest BCUT2D eigenvalue weighted by atomic mass is 79.9. The average molecular weight is 299 g/mol. The van der Waals surface area contributed by atoms with E-state index in [9.17, 15) is 0 Å². The van der Waals surface area contributed by atoms with Crippen molar-refractivity contribution in [3.8, 4) is 5.75 Å². The molecule has 1 aromatic carbocycles. The van der Waals surface area contributed by atoms with Gasteiger partial charge < -0.3 is 4.74 Å². The van der Waals surface area contributed by atoms with Crippen molar-refractivity contribution < 1.29 is 4.74 Å². The summed E-state index contributed by atoms with van der Waals surface area (Å²) in [5, 5.41) is 0. The van der Waals surface area contributed by atoms with E-state index in [4.69, 9.17) is 4.74 Å². The van der Waals surface area contributed by atoms with Crippen molar-refractivity contribution in [1.29, 1.82) is 0 Å². The van der Waals surface area contributed by atoms with Crippen LogP contribution in [0, 0.1) is 6.92 Å². The molecule has 1 nitrogen and oxygen atoms in total. The molecule has 0 fully saturated rings. The molecule has 0 saturated heterocycles. The Balaban J connectivity index is 2.18. The Bertz CT molecular complexity index is 302. The fourth-order valence-electron chi connectivity index (χ4n) is 1.86. The number of hydrogen-bond acceptors (Lipinski definition) is 1. The molecule has 0 radical (unpaired) electrons. The van der Waals surface area contributed by atoms with Crippen LogP contribution in [0.1, 0.15) is 51.0 Å². The maximum absolute atomic E-state index is 5.83. The SMILES string of the molecule is CCCCCCCCOc1c(C)cccc1Br. The van der Waals surface area contributed by atoms with Gasteiger partial charge in [0.2, 0.25) is 0 Å². The normalized spacial score (nSPS) is 10.5. The molecule has 1 aromatic rings. The van der Waals surface area contributed by atoms with Gasteiger partial charge in [0.05, 0.1) is 11.1 Å². The van der Waals surface area contributed by atoms with Crippen LogP contribution in [0.5, 0.6) is 5.75 Å². The lowest BCUT2D eigenvalue weighted by Gasteiger charge is -2.10. The zero-order chi connectivity index (χ0) is 12.5. The molecule has 1 rings (SSSR count). The summed E-state index contributed by atoms with van der Waals surface area (Å²) < 4.78 is 6.89. The first-order valence-electron chi connectivity index (χ1n) is 6.63. The number of hydrogen-bond donors (Lipinski definition) is 0. The maximum atomic E-state index is 5.83. The van der Waals surface area contributed by atoms with E-state index < -0.39 is 0 Å². The molecule has 0 aliphatic heterocycles. The maximum Gasteiger partial charge on any atom is 0.136 e. The van der Waals surface area contributed by atoms with Gasteiger partial charge in [0.1, 0.15) is 5.75 Å². The Morgan fingerprint density at radius 3 is 2.47 bits per heavy atom. The van der Waals surface area contributed by atoms with Crippen molar-refractivity contribution in [3.05, 3.63) is 28.2 Å². The molecule has 0 aliphatic rings. The van der Waals surface area contributed by atoms with Gasteiger partial charge in [-0.3, -0.25) is 0 Å². The van der Waals surface area contributed by atoms with Gasteiger partial charge in [-0.05, 0) is 40.9 Å². The number of halogens is 1. The zero-order valence-corrected chi connectivity index (χ0v) is 12.6. The Morgan fingerprint density at radius 2 is 1.76 bits per heavy atom. The van der Waals surface area contributed by atoms with E-state index in [1.807, 2.05) is 12.1 Å². The van der Waals surface area contributed by atoms with Crippen LogP contribution in [0.4, 0.5) is 0 Å². The highest BCUT2D eigenvalue weighted by Gasteiger charge is 2.03. The monoisotopic (exact) mass is 298 g/mol. The smallest absolute Gasteiger partial charge is 0.136 e. The highest BCUT2D eigenvalue weighted by Crippen LogP contribution is 2.28. The van der Waals surface area contributed by atoms with E-state index in [0.717, 1.165) is 23.2 Å². The Hall–Kier alpha value is -0.500. The third kappa shape index (κ3) is 5.58. The fourth-order valence-corrected chi connectivity index (χ4v) is 2.44. The number of ether oxygens (including phenoxy) is 1. The van der Waals surface area contributed by atoms with Crippen molar-refractivity contribution in [1.82, 2.24) is 0 Å². The highest BCUT2D eigenvalue weighted by molar-refractivity contribution is 9.10. The number of rotatable bonds is 8. The van der Waals surface area contributed by atoms with Crippen LogP contribution in [-0.4, -0.2) is 6.61 Å². The zero-order valence-electron chi connectivity index (χ0n) is 11.0. The second-order valence-corrected chi connectivity index (χ2v) is 5.36. The van der Waals surface area contributed by atoms with E-state index in [2.05, 4.69) is 35.8 Å². The minimum absolute atomic E-state index is 0.829. The molecule has 0 spiro atoms. The lowest BCUT2D eigenvalue weighted by molar-refractivity contribution is 0.300. The molecule has 2 heteroatoms. The Kier molecular flexibility index (Phi) is 7.34. The van der Waals surface area contributed by atoms with Gasteiger partial charge in [-0.25, -0.2) is 0 Å². The molecule has 0 atom stereocenters. The van der Waals surface area contributed by atoms with Gasteiger partial charge in [0, 0.05) is 0 Å². The summed E-state index contributed by atoms with van der Waals surface area (Å²) in [5.41, 5.74) is 1.20. The van der Waals surface area contributed by atoms with Crippen molar-refractivity contribution in [2.45, 2.75) is 52.4 Å². The summed E-state index contributed by atoms with van der Waals surface area (Å²) in [6, 6.07) is 6.15. The van der Waals surface area contributed by atoms with Crippen LogP contribution in [0.15, 0.2) is 22.7 Å². The molecule has 0 heterocycles. The molecule has 0 saturated carbocycles. The summed E-state index contributed by atoms with van der Waals surface area (Å²) in [6.45, 7) is 5.16. The first-order chi connectivity index (χ1) is 8.25. The predicted molar refractivity (Wildman–Crippen MR) is 77.8 cm³/mol. The molecule has 17 heavy (non-hydrogen) atoms. The van der Waals surface area contributed by atoms with E-state index in [1.54, 1.807) is 0 Å². The van der Waals surface area contributed by atoms with E-state index in [1.165, 1.54) is 37.7 Å². The molecule has 0 bridgehead atoms. The van der Waals surface area contributed by atoms with E-state index in [0.29, 0.717) is 0 Å². The van der Waals surface area contributed by atoms with Crippen LogP contribution in [0.2, 0.25) is 0 Å². The number of benzene rings is 1. The van der Waals surface area contributed by atoms with Gasteiger partial charge in [-0.1, -0.05) is 51.2 Å². The Morgan fingerprint density at radius 1 is 1.06 bits per heavy atom. The van der Waals surface area contributed by atoms with Gasteiger partial charge in [-0.15, -0.1) is 0 Å². The number of aryl methyl sites for hydroxylation is 1. The summed E-state index contributed by atoms with van der Waals surface area (Å²) >= 11 is 3.53. The molecule has 0 unspecified atom stereocenters. The largest absolute Gasteiger partial charge is 0.492 e. The van der Waals surface area contributed by atoms with Crippen LogP contribution < -0.4 is 4.74 Å². The van der Waals surface area contributed by atoms with E-state index in [-0.39, 0.29) is 0 Å². The van der Waals surface area contributed by atoms with Gasteiger partial charge in [-0.2, -0.15) is 0 Å². The summed E-state index contributed by atoms with van der Waals surface area (Å²) in [5.74, 6) is 1.00. The molecule has 0 aliphatic carbocycles. The summed E-state index contributed by atoms with van der Waals surface area (Å²) in [7, 11) is 0. The topological polar surface area (TPSA) is 9.23 Å². The van der Waals surface area contributed by atoms with Crippen LogP contribution >= 0.6 is 15.9 Å². The van der Waals surface area contributed by atoms with Crippen molar-refractivity contribution >= 4 is 15.9 Å². The van der Waals surface area contributed by atoms with Gasteiger partial charge in [0.25, 0.3) is 0 Å².